The largest absolute Gasteiger partial charge is 0.508 e. The zero-order valence-electron chi connectivity index (χ0n) is 23.3. The molecule has 0 bridgehead atoms. The van der Waals surface area contributed by atoms with Crippen LogP contribution in [0.3, 0.4) is 0 Å². The molecule has 0 radical (unpaired) electrons. The summed E-state index contributed by atoms with van der Waals surface area (Å²) in [7, 11) is 1.63. The fourth-order valence-corrected chi connectivity index (χ4v) is 4.48. The second-order valence-corrected chi connectivity index (χ2v) is 10.2. The number of ether oxygens (including phenoxy) is 1. The number of aliphatic hydroxyl groups is 1. The molecule has 2 aromatic carbocycles. The molecule has 3 aromatic rings. The van der Waals surface area contributed by atoms with Gasteiger partial charge >= 0.3 is 17.6 Å². The number of carbonyl (C=O) groups excluding carboxylic acids is 1. The summed E-state index contributed by atoms with van der Waals surface area (Å²) >= 11 is 0. The number of amides is 1. The van der Waals surface area contributed by atoms with Crippen molar-refractivity contribution in [3.05, 3.63) is 64.3 Å². The number of β-amino-alcohol motifs (C(OH)–C–C–N with tert-alkyl or cyclic N) is 1. The van der Waals surface area contributed by atoms with Crippen LogP contribution >= 0.6 is 0 Å². The van der Waals surface area contributed by atoms with Crippen molar-refractivity contribution >= 4 is 34.6 Å². The number of hydrogen-bond donors (Lipinski definition) is 6. The predicted octanol–water partition coefficient (Wildman–Crippen LogP) is 2.11. The van der Waals surface area contributed by atoms with Crippen molar-refractivity contribution in [1.82, 2.24) is 14.5 Å². The number of fused-ring (bicyclic) bond motifs is 2. The SMILES string of the molecule is Cn1c(=O)n(CCCC(C)(C)NC[C@H](O)c2cc(O)cc3c2OCC(=O)N3)c2c(F)cccc21.O=C(O)/C=C\C(=O)O. The Kier molecular flexibility index (Phi) is 10.1. The summed E-state index contributed by atoms with van der Waals surface area (Å²) in [6.45, 7) is 4.31. The molecule has 1 atom stereocenters. The number of nitrogens with zero attached hydrogens (tertiary/aromatic N) is 2. The molecule has 14 heteroatoms. The van der Waals surface area contributed by atoms with Gasteiger partial charge in [0.2, 0.25) is 0 Å². The van der Waals surface area contributed by atoms with Crippen LogP contribution in [0.15, 0.2) is 47.3 Å². The lowest BCUT2D eigenvalue weighted by Gasteiger charge is -2.29. The highest BCUT2D eigenvalue weighted by Gasteiger charge is 2.26. The fraction of sp³-hybridized carbons (Fsp3) is 0.357. The molecule has 0 unspecified atom stereocenters. The molecule has 0 saturated carbocycles. The highest BCUT2D eigenvalue weighted by atomic mass is 19.1. The summed E-state index contributed by atoms with van der Waals surface area (Å²) in [6, 6.07) is 7.44. The van der Waals surface area contributed by atoms with Gasteiger partial charge < -0.3 is 35.8 Å². The molecule has 0 aliphatic carbocycles. The Bertz CT molecular complexity index is 1560. The first-order valence-electron chi connectivity index (χ1n) is 12.9. The van der Waals surface area contributed by atoms with Gasteiger partial charge in [0.25, 0.3) is 5.91 Å². The molecule has 1 aliphatic heterocycles. The first kappa shape index (κ1) is 31.8. The molecule has 1 amide bonds. The van der Waals surface area contributed by atoms with Gasteiger partial charge in [0.1, 0.15) is 22.8 Å². The Hall–Kier alpha value is -4.69. The number of aliphatic hydroxyl groups excluding tert-OH is 1. The number of phenolic OH excluding ortho intramolecular Hbond substituents is 1. The number of imidazole rings is 1. The van der Waals surface area contributed by atoms with Gasteiger partial charge in [-0.25, -0.2) is 18.8 Å². The Morgan fingerprint density at radius 3 is 2.50 bits per heavy atom. The number of phenols is 1. The standard InChI is InChI=1S/C24H29FN4O5.C4H4O4/c1-24(2,8-5-9-29-21-16(25)6-4-7-18(21)28(3)23(29)33)26-12-19(31)15-10-14(30)11-17-22(15)34-13-20(32)27-17;5-3(6)1-2-4(7)8/h4,6-7,10-11,19,26,30-31H,5,8-9,12-13H2,1-3H3,(H,27,32);1-2H,(H,5,6)(H,7,8)/b;2-1-/t19-;/m0./s1. The zero-order valence-corrected chi connectivity index (χ0v) is 23.3. The maximum Gasteiger partial charge on any atom is 0.328 e. The van der Waals surface area contributed by atoms with Gasteiger partial charge in [0, 0.05) is 49.5 Å². The highest BCUT2D eigenvalue weighted by molar-refractivity contribution is 5.96. The van der Waals surface area contributed by atoms with E-state index in [-0.39, 0.29) is 30.5 Å². The van der Waals surface area contributed by atoms with Crippen LogP contribution in [0.1, 0.15) is 38.4 Å². The number of hydrogen-bond acceptors (Lipinski definition) is 8. The van der Waals surface area contributed by atoms with E-state index in [9.17, 15) is 33.8 Å². The number of aromatic nitrogens is 2. The van der Waals surface area contributed by atoms with Crippen molar-refractivity contribution < 1.29 is 43.9 Å². The van der Waals surface area contributed by atoms with Crippen LogP contribution in [-0.2, 0) is 28.0 Å². The summed E-state index contributed by atoms with van der Waals surface area (Å²) in [5.74, 6) is -3.03. The van der Waals surface area contributed by atoms with E-state index in [1.54, 1.807) is 19.2 Å². The molecule has 226 valence electrons. The van der Waals surface area contributed by atoms with Crippen LogP contribution in [0.25, 0.3) is 11.0 Å². The quantitative estimate of drug-likeness (QED) is 0.191. The van der Waals surface area contributed by atoms with Crippen molar-refractivity contribution in [3.8, 4) is 11.5 Å². The van der Waals surface area contributed by atoms with Crippen molar-refractivity contribution in [3.63, 3.8) is 0 Å². The number of rotatable bonds is 10. The number of benzene rings is 2. The van der Waals surface area contributed by atoms with E-state index in [1.165, 1.54) is 27.3 Å². The van der Waals surface area contributed by atoms with Crippen molar-refractivity contribution in [1.29, 1.82) is 0 Å². The average molecular weight is 589 g/mol. The van der Waals surface area contributed by atoms with E-state index < -0.39 is 29.4 Å². The third-order valence-electron chi connectivity index (χ3n) is 6.52. The van der Waals surface area contributed by atoms with Crippen LogP contribution in [0.5, 0.6) is 11.5 Å². The minimum atomic E-state index is -1.26. The van der Waals surface area contributed by atoms with E-state index in [1.807, 2.05) is 13.8 Å². The predicted molar refractivity (Wildman–Crippen MR) is 150 cm³/mol. The van der Waals surface area contributed by atoms with Gasteiger partial charge in [0.05, 0.1) is 17.3 Å². The summed E-state index contributed by atoms with van der Waals surface area (Å²) < 4.78 is 22.8. The highest BCUT2D eigenvalue weighted by Crippen LogP contribution is 2.38. The van der Waals surface area contributed by atoms with E-state index in [0.717, 1.165) is 0 Å². The second kappa shape index (κ2) is 13.3. The normalized spacial score (nSPS) is 13.6. The van der Waals surface area contributed by atoms with Crippen molar-refractivity contribution in [2.45, 2.75) is 44.9 Å². The lowest BCUT2D eigenvalue weighted by Crippen LogP contribution is -2.42. The molecule has 0 saturated heterocycles. The minimum Gasteiger partial charge on any atom is -0.508 e. The van der Waals surface area contributed by atoms with E-state index in [2.05, 4.69) is 10.6 Å². The molecule has 6 N–H and O–H groups in total. The number of carboxylic acid groups (broad SMARTS) is 2. The van der Waals surface area contributed by atoms with Crippen LogP contribution < -0.4 is 21.1 Å². The number of halogens is 1. The van der Waals surface area contributed by atoms with E-state index >= 15 is 0 Å². The third kappa shape index (κ3) is 7.95. The lowest BCUT2D eigenvalue weighted by molar-refractivity contribution is -0.134. The van der Waals surface area contributed by atoms with Crippen LogP contribution in [0, 0.1) is 5.82 Å². The number of nitrogens with one attached hydrogen (secondary N) is 2. The summed E-state index contributed by atoms with van der Waals surface area (Å²) in [4.78, 5) is 43.2. The first-order valence-corrected chi connectivity index (χ1v) is 12.9. The van der Waals surface area contributed by atoms with Gasteiger partial charge in [-0.1, -0.05) is 6.07 Å². The lowest BCUT2D eigenvalue weighted by atomic mass is 9.97. The van der Waals surface area contributed by atoms with Crippen LogP contribution in [-0.4, -0.2) is 66.1 Å². The number of anilines is 1. The Labute approximate surface area is 239 Å². The van der Waals surface area contributed by atoms with Crippen molar-refractivity contribution in [2.75, 3.05) is 18.5 Å². The number of aromatic hydroxyl groups is 1. The van der Waals surface area contributed by atoms with Crippen molar-refractivity contribution in [2.24, 2.45) is 7.05 Å². The summed E-state index contributed by atoms with van der Waals surface area (Å²) in [5.41, 5.74) is 0.880. The topological polar surface area (TPSA) is 192 Å². The number of carboxylic acids is 2. The number of para-hydroxylation sites is 1. The average Bonchev–Trinajstić information content (AvgIpc) is 3.16. The van der Waals surface area contributed by atoms with E-state index in [4.69, 9.17) is 14.9 Å². The number of aliphatic carboxylic acids is 2. The molecule has 1 aromatic heterocycles. The zero-order chi connectivity index (χ0) is 31.2. The smallest absolute Gasteiger partial charge is 0.328 e. The minimum absolute atomic E-state index is 0.0920. The van der Waals surface area contributed by atoms with Gasteiger partial charge in [-0.3, -0.25) is 13.9 Å². The fourth-order valence-electron chi connectivity index (χ4n) is 4.48. The maximum absolute atomic E-state index is 14.4. The molecular formula is C28H33FN4O9. The van der Waals surface area contributed by atoms with E-state index in [0.29, 0.717) is 59.6 Å². The first-order chi connectivity index (χ1) is 19.7. The van der Waals surface area contributed by atoms with Gasteiger partial charge in [-0.2, -0.15) is 0 Å². The van der Waals surface area contributed by atoms with Crippen LogP contribution in [0.2, 0.25) is 0 Å². The summed E-state index contributed by atoms with van der Waals surface area (Å²) in [6.07, 6.45) is 1.39. The third-order valence-corrected chi connectivity index (χ3v) is 6.52. The molecule has 13 nitrogen and oxygen atoms in total. The molecular weight excluding hydrogens is 555 g/mol. The molecule has 2 heterocycles. The number of carbonyl (C=O) groups is 3. The molecule has 0 fully saturated rings. The molecule has 1 aliphatic rings. The Balaban J connectivity index is 0.000000531. The second-order valence-electron chi connectivity index (χ2n) is 10.2. The molecule has 0 spiro atoms. The molecule has 4 rings (SSSR count). The maximum atomic E-state index is 14.4. The van der Waals surface area contributed by atoms with Gasteiger partial charge in [-0.15, -0.1) is 0 Å². The Morgan fingerprint density at radius 2 is 1.86 bits per heavy atom. The van der Waals surface area contributed by atoms with Gasteiger partial charge in [-0.05, 0) is 44.9 Å². The number of aryl methyl sites for hydroxylation is 2. The summed E-state index contributed by atoms with van der Waals surface area (Å²) in [5, 5.41) is 42.3. The molecule has 42 heavy (non-hydrogen) atoms. The van der Waals surface area contributed by atoms with Crippen LogP contribution in [0.4, 0.5) is 10.1 Å². The van der Waals surface area contributed by atoms with Gasteiger partial charge in [0.15, 0.2) is 6.61 Å². The monoisotopic (exact) mass is 588 g/mol. The Morgan fingerprint density at radius 1 is 1.19 bits per heavy atom.